The summed E-state index contributed by atoms with van der Waals surface area (Å²) in [5, 5.41) is 2.38. The number of carbonyl (C=O) groups is 1. The van der Waals surface area contributed by atoms with Crippen molar-refractivity contribution in [1.29, 1.82) is 0 Å². The zero-order chi connectivity index (χ0) is 19.6. The van der Waals surface area contributed by atoms with Gasteiger partial charge in [-0.15, -0.1) is 0 Å². The van der Waals surface area contributed by atoms with E-state index in [2.05, 4.69) is 22.4 Å². The van der Waals surface area contributed by atoms with Gasteiger partial charge in [-0.25, -0.2) is 9.79 Å². The molecule has 5 heteroatoms. The number of carbonyl (C=O) groups excluding carboxylic acids is 1. The van der Waals surface area contributed by atoms with Crippen molar-refractivity contribution in [1.82, 2.24) is 4.90 Å². The van der Waals surface area contributed by atoms with Gasteiger partial charge in [0.15, 0.2) is 0 Å². The second-order valence-corrected chi connectivity index (χ2v) is 9.36. The number of cyclic esters (lactones) is 1. The molecule has 1 amide bonds. The fourth-order valence-corrected chi connectivity index (χ4v) is 5.76. The zero-order valence-corrected chi connectivity index (χ0v) is 18.3. The molecule has 2 aliphatic carbocycles. The molecule has 0 spiro atoms. The predicted octanol–water partition coefficient (Wildman–Crippen LogP) is 6.39. The van der Waals surface area contributed by atoms with E-state index < -0.39 is 0 Å². The molecule has 3 aliphatic rings. The number of isothiocyanates is 1. The highest BCUT2D eigenvalue weighted by atomic mass is 32.1. The van der Waals surface area contributed by atoms with Gasteiger partial charge in [0.25, 0.3) is 0 Å². The number of ether oxygens (including phenoxy) is 1. The van der Waals surface area contributed by atoms with Crippen molar-refractivity contribution in [2.24, 2.45) is 16.8 Å². The Morgan fingerprint density at radius 1 is 0.857 bits per heavy atom. The normalized spacial score (nSPS) is 31.4. The minimum atomic E-state index is -0.151. The molecular weight excluding hydrogens is 368 g/mol. The fraction of sp³-hybridized carbons (Fsp3) is 0.913. The van der Waals surface area contributed by atoms with Crippen LogP contribution in [-0.2, 0) is 4.74 Å². The molecule has 28 heavy (non-hydrogen) atoms. The lowest BCUT2D eigenvalue weighted by molar-refractivity contribution is 0.127. The molecule has 1 aliphatic heterocycles. The van der Waals surface area contributed by atoms with E-state index >= 15 is 0 Å². The van der Waals surface area contributed by atoms with Crippen molar-refractivity contribution in [2.45, 2.75) is 108 Å². The molecule has 2 unspecified atom stereocenters. The highest BCUT2D eigenvalue weighted by Crippen LogP contribution is 2.36. The third-order valence-electron chi connectivity index (χ3n) is 7.24. The van der Waals surface area contributed by atoms with Crippen LogP contribution < -0.4 is 0 Å². The summed E-state index contributed by atoms with van der Waals surface area (Å²) in [4.78, 5) is 18.3. The Hall–Kier alpha value is -0.930. The van der Waals surface area contributed by atoms with Gasteiger partial charge >= 0.3 is 6.09 Å². The standard InChI is InChI=1S/C23H38N2O2S/c26-23-25(17-22(27-23)16-24-18-28)21-14-8-7-12-20(13-9-15-21)19-10-5-3-1-2-4-6-11-19/h19-22H,1-17H2/t20?,21?,22-/m0/s1. The Balaban J connectivity index is 1.52. The van der Waals surface area contributed by atoms with E-state index in [0.29, 0.717) is 19.1 Å². The van der Waals surface area contributed by atoms with Crippen molar-refractivity contribution in [3.8, 4) is 0 Å². The maximum absolute atomic E-state index is 12.4. The smallest absolute Gasteiger partial charge is 0.410 e. The van der Waals surface area contributed by atoms with E-state index in [-0.39, 0.29) is 12.2 Å². The van der Waals surface area contributed by atoms with Gasteiger partial charge in [0, 0.05) is 6.04 Å². The molecule has 0 bridgehead atoms. The fourth-order valence-electron chi connectivity index (χ4n) is 5.68. The topological polar surface area (TPSA) is 41.9 Å². The Morgan fingerprint density at radius 3 is 2.07 bits per heavy atom. The van der Waals surface area contributed by atoms with Crippen LogP contribution in [0.4, 0.5) is 4.79 Å². The Kier molecular flexibility index (Phi) is 9.27. The highest BCUT2D eigenvalue weighted by molar-refractivity contribution is 7.78. The minimum Gasteiger partial charge on any atom is -0.442 e. The Bertz CT molecular complexity index is 525. The first-order valence-corrected chi connectivity index (χ1v) is 12.2. The van der Waals surface area contributed by atoms with E-state index in [1.54, 1.807) is 0 Å². The summed E-state index contributed by atoms with van der Waals surface area (Å²) in [6, 6.07) is 0.341. The van der Waals surface area contributed by atoms with Crippen molar-refractivity contribution >= 4 is 23.5 Å². The second kappa shape index (κ2) is 11.9. The summed E-state index contributed by atoms with van der Waals surface area (Å²) in [6.07, 6.45) is 20.1. The summed E-state index contributed by atoms with van der Waals surface area (Å²) in [6.45, 7) is 1.11. The number of hydrogen-bond acceptors (Lipinski definition) is 4. The maximum atomic E-state index is 12.4. The third kappa shape index (κ3) is 6.56. The summed E-state index contributed by atoms with van der Waals surface area (Å²) in [5.74, 6) is 1.86. The van der Waals surface area contributed by atoms with E-state index in [1.807, 2.05) is 4.90 Å². The van der Waals surface area contributed by atoms with Crippen LogP contribution in [0, 0.1) is 11.8 Å². The maximum Gasteiger partial charge on any atom is 0.410 e. The molecule has 3 rings (SSSR count). The van der Waals surface area contributed by atoms with Crippen LogP contribution in [0.3, 0.4) is 0 Å². The van der Waals surface area contributed by atoms with Crippen LogP contribution in [-0.4, -0.2) is 41.4 Å². The molecule has 0 N–H and O–H groups in total. The van der Waals surface area contributed by atoms with Gasteiger partial charge in [0.2, 0.25) is 0 Å². The predicted molar refractivity (Wildman–Crippen MR) is 117 cm³/mol. The van der Waals surface area contributed by atoms with Gasteiger partial charge < -0.3 is 9.64 Å². The third-order valence-corrected chi connectivity index (χ3v) is 7.37. The molecule has 3 fully saturated rings. The van der Waals surface area contributed by atoms with Crippen molar-refractivity contribution < 1.29 is 9.53 Å². The lowest BCUT2D eigenvalue weighted by Gasteiger charge is -2.27. The largest absolute Gasteiger partial charge is 0.442 e. The molecule has 0 aromatic rings. The number of amides is 1. The van der Waals surface area contributed by atoms with Gasteiger partial charge in [0.05, 0.1) is 18.3 Å². The van der Waals surface area contributed by atoms with E-state index in [9.17, 15) is 4.79 Å². The average molecular weight is 407 g/mol. The van der Waals surface area contributed by atoms with Gasteiger partial charge in [-0.05, 0) is 36.9 Å². The van der Waals surface area contributed by atoms with Gasteiger partial charge in [-0.2, -0.15) is 0 Å². The summed E-state index contributed by atoms with van der Waals surface area (Å²) in [7, 11) is 0. The average Bonchev–Trinajstić information content (AvgIpc) is 3.16. The molecule has 0 radical (unpaired) electrons. The minimum absolute atomic E-state index is 0.151. The number of nitrogens with zero attached hydrogens (tertiary/aromatic N) is 2. The first-order valence-electron chi connectivity index (χ1n) is 11.8. The Morgan fingerprint density at radius 2 is 1.39 bits per heavy atom. The van der Waals surface area contributed by atoms with E-state index in [4.69, 9.17) is 4.74 Å². The molecule has 3 atom stereocenters. The molecule has 4 nitrogen and oxygen atoms in total. The van der Waals surface area contributed by atoms with Gasteiger partial charge in [-0.1, -0.05) is 83.5 Å². The summed E-state index contributed by atoms with van der Waals surface area (Å²) < 4.78 is 5.49. The summed E-state index contributed by atoms with van der Waals surface area (Å²) in [5.41, 5.74) is 0. The molecule has 2 saturated carbocycles. The quantitative estimate of drug-likeness (QED) is 0.401. The number of hydrogen-bond donors (Lipinski definition) is 0. The van der Waals surface area contributed by atoms with Crippen LogP contribution in [0.1, 0.15) is 96.3 Å². The van der Waals surface area contributed by atoms with E-state index in [1.165, 1.54) is 83.5 Å². The molecule has 0 aromatic heterocycles. The zero-order valence-electron chi connectivity index (χ0n) is 17.4. The van der Waals surface area contributed by atoms with Crippen molar-refractivity contribution in [2.75, 3.05) is 13.1 Å². The van der Waals surface area contributed by atoms with Crippen LogP contribution in [0.2, 0.25) is 0 Å². The number of rotatable bonds is 4. The number of thiocarbonyl (C=S) groups is 1. The highest BCUT2D eigenvalue weighted by Gasteiger charge is 2.36. The van der Waals surface area contributed by atoms with Gasteiger partial charge in [-0.3, -0.25) is 0 Å². The van der Waals surface area contributed by atoms with Crippen LogP contribution in [0.25, 0.3) is 0 Å². The lowest BCUT2D eigenvalue weighted by Crippen LogP contribution is -2.36. The first kappa shape index (κ1) is 21.8. The van der Waals surface area contributed by atoms with E-state index in [0.717, 1.165) is 24.7 Å². The SMILES string of the molecule is O=C1O[C@@H](CN=C=S)CN1C1CCCCC(C2CCCCCCCC2)CCC1. The lowest BCUT2D eigenvalue weighted by atomic mass is 9.79. The van der Waals surface area contributed by atoms with Crippen molar-refractivity contribution in [3.05, 3.63) is 0 Å². The first-order chi connectivity index (χ1) is 13.8. The molecule has 0 aromatic carbocycles. The second-order valence-electron chi connectivity index (χ2n) is 9.18. The molecular formula is C23H38N2O2S. The molecule has 1 saturated heterocycles. The Labute approximate surface area is 176 Å². The number of aliphatic imine (C=N–C) groups is 1. The van der Waals surface area contributed by atoms with Gasteiger partial charge in [0.1, 0.15) is 6.10 Å². The van der Waals surface area contributed by atoms with Crippen molar-refractivity contribution in [3.63, 3.8) is 0 Å². The van der Waals surface area contributed by atoms with Crippen LogP contribution in [0.5, 0.6) is 0 Å². The van der Waals surface area contributed by atoms with Crippen LogP contribution >= 0.6 is 12.2 Å². The molecule has 158 valence electrons. The monoisotopic (exact) mass is 406 g/mol. The summed E-state index contributed by atoms with van der Waals surface area (Å²) >= 11 is 4.64. The van der Waals surface area contributed by atoms with Crippen LogP contribution in [0.15, 0.2) is 4.99 Å². The molecule has 1 heterocycles.